The Labute approximate surface area is 164 Å². The summed E-state index contributed by atoms with van der Waals surface area (Å²) in [7, 11) is 0. The number of fused-ring (bicyclic) bond motifs is 1. The fourth-order valence-corrected chi connectivity index (χ4v) is 3.41. The molecule has 0 unspecified atom stereocenters. The van der Waals surface area contributed by atoms with Gasteiger partial charge in [0, 0.05) is 28.2 Å². The van der Waals surface area contributed by atoms with Crippen LogP contribution in [0.4, 0.5) is 5.88 Å². The van der Waals surface area contributed by atoms with E-state index < -0.39 is 0 Å². The number of H-pyrrole nitrogens is 1. The third-order valence-corrected chi connectivity index (χ3v) is 4.68. The zero-order valence-electron chi connectivity index (χ0n) is 16.6. The molecule has 2 aromatic carbocycles. The number of nitrogens with one attached hydrogen (secondary N) is 2. The number of benzene rings is 2. The molecule has 4 rings (SSSR count). The zero-order chi connectivity index (χ0) is 19.9. The van der Waals surface area contributed by atoms with Gasteiger partial charge in [-0.1, -0.05) is 48.0 Å². The van der Waals surface area contributed by atoms with Crippen molar-refractivity contribution in [2.24, 2.45) is 0 Å². The number of nitriles is 1. The van der Waals surface area contributed by atoms with Crippen molar-refractivity contribution in [3.05, 3.63) is 65.9 Å². The number of rotatable bonds is 3. The van der Waals surface area contributed by atoms with Gasteiger partial charge in [-0.15, -0.1) is 0 Å². The second-order valence-corrected chi connectivity index (χ2v) is 8.11. The van der Waals surface area contributed by atoms with E-state index in [-0.39, 0.29) is 5.54 Å². The van der Waals surface area contributed by atoms with Crippen molar-refractivity contribution in [2.75, 3.05) is 5.32 Å². The average molecular weight is 369 g/mol. The van der Waals surface area contributed by atoms with E-state index in [0.29, 0.717) is 17.2 Å². The minimum absolute atomic E-state index is 0.207. The summed E-state index contributed by atoms with van der Waals surface area (Å²) in [5, 5.41) is 14.5. The molecule has 0 atom stereocenters. The predicted molar refractivity (Wildman–Crippen MR) is 114 cm³/mol. The van der Waals surface area contributed by atoms with Crippen LogP contribution in [0.1, 0.15) is 31.9 Å². The van der Waals surface area contributed by atoms with Gasteiger partial charge in [0.05, 0.1) is 5.56 Å². The Kier molecular flexibility index (Phi) is 4.24. The summed E-state index contributed by atoms with van der Waals surface area (Å²) in [6, 6.07) is 18.6. The third kappa shape index (κ3) is 3.16. The largest absolute Gasteiger partial charge is 0.439 e. The van der Waals surface area contributed by atoms with E-state index in [9.17, 15) is 5.26 Å². The van der Waals surface area contributed by atoms with Gasteiger partial charge in [-0.3, -0.25) is 0 Å². The molecule has 2 aromatic heterocycles. The Bertz CT molecular complexity index is 1180. The van der Waals surface area contributed by atoms with Gasteiger partial charge in [0.25, 0.3) is 0 Å². The molecule has 2 heterocycles. The predicted octanol–water partition coefficient (Wildman–Crippen LogP) is 6.49. The molecule has 0 aliphatic heterocycles. The molecule has 0 fully saturated rings. The summed E-state index contributed by atoms with van der Waals surface area (Å²) in [6.07, 6.45) is 1.91. The van der Waals surface area contributed by atoms with Crippen molar-refractivity contribution < 1.29 is 4.42 Å². The molecule has 2 N–H and O–H groups in total. The molecular formula is C24H23N3O. The summed E-state index contributed by atoms with van der Waals surface area (Å²) in [5.74, 6) is 1.20. The Morgan fingerprint density at radius 3 is 2.43 bits per heavy atom. The second-order valence-electron chi connectivity index (χ2n) is 8.11. The zero-order valence-corrected chi connectivity index (χ0v) is 16.6. The van der Waals surface area contributed by atoms with Crippen LogP contribution in [0.25, 0.3) is 33.4 Å². The van der Waals surface area contributed by atoms with E-state index in [1.165, 1.54) is 5.56 Å². The summed E-state index contributed by atoms with van der Waals surface area (Å²) in [6.45, 7) is 8.28. The minimum Gasteiger partial charge on any atom is -0.439 e. The lowest BCUT2D eigenvalue weighted by Crippen LogP contribution is -2.26. The van der Waals surface area contributed by atoms with E-state index in [1.807, 2.05) is 42.6 Å². The molecule has 0 radical (unpaired) electrons. The summed E-state index contributed by atoms with van der Waals surface area (Å²) in [5.41, 5.74) is 5.18. The van der Waals surface area contributed by atoms with Crippen molar-refractivity contribution in [3.8, 4) is 28.5 Å². The normalized spacial score (nSPS) is 11.5. The number of nitrogens with zero attached hydrogens (tertiary/aromatic N) is 1. The highest BCUT2D eigenvalue weighted by molar-refractivity contribution is 5.98. The SMILES string of the molecule is Cc1ccc(-c2c(NC(C)(C)C)oc(-c3c[nH]c4ccccc34)c2C#N)cc1. The van der Waals surface area contributed by atoms with Crippen LogP contribution in [0, 0.1) is 18.3 Å². The fourth-order valence-electron chi connectivity index (χ4n) is 3.41. The Balaban J connectivity index is 1.99. The molecule has 28 heavy (non-hydrogen) atoms. The highest BCUT2D eigenvalue weighted by Crippen LogP contribution is 2.43. The Morgan fingerprint density at radius 1 is 1.04 bits per heavy atom. The van der Waals surface area contributed by atoms with Crippen LogP contribution in [0.15, 0.2) is 59.1 Å². The quantitative estimate of drug-likeness (QED) is 0.434. The van der Waals surface area contributed by atoms with E-state index in [4.69, 9.17) is 4.42 Å². The monoisotopic (exact) mass is 369 g/mol. The molecule has 0 saturated carbocycles. The molecule has 0 bridgehead atoms. The summed E-state index contributed by atoms with van der Waals surface area (Å²) < 4.78 is 6.30. The van der Waals surface area contributed by atoms with Crippen molar-refractivity contribution in [2.45, 2.75) is 33.2 Å². The highest BCUT2D eigenvalue weighted by atomic mass is 16.4. The highest BCUT2D eigenvalue weighted by Gasteiger charge is 2.26. The lowest BCUT2D eigenvalue weighted by Gasteiger charge is -2.21. The van der Waals surface area contributed by atoms with Crippen LogP contribution in [0.3, 0.4) is 0 Å². The maximum atomic E-state index is 10.0. The Morgan fingerprint density at radius 2 is 1.75 bits per heavy atom. The van der Waals surface area contributed by atoms with Crippen LogP contribution in [-0.2, 0) is 0 Å². The molecule has 0 amide bonds. The maximum Gasteiger partial charge on any atom is 0.203 e. The van der Waals surface area contributed by atoms with Crippen molar-refractivity contribution in [3.63, 3.8) is 0 Å². The van der Waals surface area contributed by atoms with Gasteiger partial charge < -0.3 is 14.7 Å². The first-order valence-electron chi connectivity index (χ1n) is 9.36. The average Bonchev–Trinajstić information content (AvgIpc) is 3.22. The molecule has 0 spiro atoms. The standard InChI is InChI=1S/C24H23N3O/c1-15-9-11-16(12-10-15)21-18(13-25)22(28-23(21)27-24(2,3)4)19-14-26-20-8-6-5-7-17(19)20/h5-12,14,26-27H,1-4H3. The molecule has 0 aliphatic rings. The van der Waals surface area contributed by atoms with E-state index >= 15 is 0 Å². The second kappa shape index (κ2) is 6.61. The van der Waals surface area contributed by atoms with Gasteiger partial charge >= 0.3 is 0 Å². The van der Waals surface area contributed by atoms with Crippen LogP contribution >= 0.6 is 0 Å². The van der Waals surface area contributed by atoms with Crippen molar-refractivity contribution in [1.82, 2.24) is 4.98 Å². The number of anilines is 1. The number of hydrogen-bond acceptors (Lipinski definition) is 3. The first-order chi connectivity index (χ1) is 13.4. The van der Waals surface area contributed by atoms with Gasteiger partial charge in [-0.25, -0.2) is 0 Å². The van der Waals surface area contributed by atoms with Gasteiger partial charge in [0.1, 0.15) is 11.6 Å². The molecule has 0 aliphatic carbocycles. The van der Waals surface area contributed by atoms with Gasteiger partial charge in [-0.2, -0.15) is 5.26 Å². The third-order valence-electron chi connectivity index (χ3n) is 4.68. The van der Waals surface area contributed by atoms with Crippen LogP contribution in [-0.4, -0.2) is 10.5 Å². The van der Waals surface area contributed by atoms with Gasteiger partial charge in [0.2, 0.25) is 5.88 Å². The fraction of sp³-hybridized carbons (Fsp3) is 0.208. The maximum absolute atomic E-state index is 10.0. The van der Waals surface area contributed by atoms with Crippen LogP contribution in [0.2, 0.25) is 0 Å². The minimum atomic E-state index is -0.207. The van der Waals surface area contributed by atoms with Crippen molar-refractivity contribution in [1.29, 1.82) is 5.26 Å². The molecular weight excluding hydrogens is 346 g/mol. The molecule has 4 aromatic rings. The topological polar surface area (TPSA) is 64.8 Å². The van der Waals surface area contributed by atoms with E-state index in [0.717, 1.165) is 27.6 Å². The first-order valence-corrected chi connectivity index (χ1v) is 9.36. The first kappa shape index (κ1) is 17.9. The lowest BCUT2D eigenvalue weighted by molar-refractivity contribution is 0.549. The number of para-hydroxylation sites is 1. The van der Waals surface area contributed by atoms with Gasteiger partial charge in [-0.05, 0) is 39.3 Å². The van der Waals surface area contributed by atoms with Crippen LogP contribution in [0.5, 0.6) is 0 Å². The van der Waals surface area contributed by atoms with Crippen molar-refractivity contribution >= 4 is 16.8 Å². The molecule has 0 saturated heterocycles. The summed E-state index contributed by atoms with van der Waals surface area (Å²) >= 11 is 0. The van der Waals surface area contributed by atoms with Gasteiger partial charge in [0.15, 0.2) is 5.76 Å². The van der Waals surface area contributed by atoms with E-state index in [2.05, 4.69) is 56.2 Å². The number of aromatic amines is 1. The van der Waals surface area contributed by atoms with Crippen LogP contribution < -0.4 is 5.32 Å². The number of aromatic nitrogens is 1. The molecule has 4 nitrogen and oxygen atoms in total. The number of hydrogen-bond donors (Lipinski definition) is 2. The smallest absolute Gasteiger partial charge is 0.203 e. The number of aryl methyl sites for hydroxylation is 1. The Hall–Kier alpha value is -3.45. The lowest BCUT2D eigenvalue weighted by atomic mass is 9.98. The van der Waals surface area contributed by atoms with E-state index in [1.54, 1.807) is 0 Å². The molecule has 140 valence electrons. The number of furan rings is 1. The summed E-state index contributed by atoms with van der Waals surface area (Å²) in [4.78, 5) is 3.27. The molecule has 4 heteroatoms.